The summed E-state index contributed by atoms with van der Waals surface area (Å²) in [5.41, 5.74) is 6.01. The molecular weight excluding hydrogens is 550 g/mol. The molecule has 0 aromatic heterocycles. The molecule has 0 spiro atoms. The Morgan fingerprint density at radius 1 is 1.00 bits per heavy atom. The van der Waals surface area contributed by atoms with E-state index in [4.69, 9.17) is 24.7 Å². The molecular formula is C33H59N3O7. The van der Waals surface area contributed by atoms with Gasteiger partial charge in [-0.15, -0.1) is 0 Å². The first-order chi connectivity index (χ1) is 20.3. The van der Waals surface area contributed by atoms with Crippen LogP contribution in [0.15, 0.2) is 18.2 Å². The Bertz CT molecular complexity index is 936. The molecule has 5 N–H and O–H groups in total. The number of aliphatic hydroxyl groups is 1. The first-order valence-corrected chi connectivity index (χ1v) is 15.8. The summed E-state index contributed by atoms with van der Waals surface area (Å²) >= 11 is 0. The van der Waals surface area contributed by atoms with Crippen LogP contribution in [-0.2, 0) is 20.7 Å². The third kappa shape index (κ3) is 16.2. The van der Waals surface area contributed by atoms with E-state index >= 15 is 0 Å². The number of unbranched alkanes of at least 4 members (excludes halogenated alkanes) is 1. The van der Waals surface area contributed by atoms with Gasteiger partial charge in [0.1, 0.15) is 12.2 Å². The quantitative estimate of drug-likeness (QED) is 0.145. The molecule has 0 heterocycles. The monoisotopic (exact) mass is 609 g/mol. The van der Waals surface area contributed by atoms with E-state index in [0.717, 1.165) is 24.8 Å². The van der Waals surface area contributed by atoms with Crippen molar-refractivity contribution in [3.05, 3.63) is 23.8 Å². The van der Waals surface area contributed by atoms with Crippen molar-refractivity contribution < 1.29 is 33.6 Å². The van der Waals surface area contributed by atoms with Crippen molar-refractivity contribution in [3.63, 3.8) is 0 Å². The van der Waals surface area contributed by atoms with Gasteiger partial charge in [0.2, 0.25) is 5.91 Å². The van der Waals surface area contributed by atoms with Crippen molar-refractivity contribution in [1.82, 2.24) is 10.6 Å². The fraction of sp³-hybridized carbons (Fsp3) is 0.758. The SMILES string of the molecule is CCCCNC(=O)[C@H](C)C[C@H](O)[C@H](C[C@H](Cc1ccc(OCCN)c(OCCCOC)c1)C(C)C)NC(=O)OC(C)(C)C. The van der Waals surface area contributed by atoms with Crippen LogP contribution in [0.25, 0.3) is 0 Å². The molecule has 0 saturated carbocycles. The zero-order chi connectivity index (χ0) is 32.4. The van der Waals surface area contributed by atoms with Gasteiger partial charge in [0.05, 0.1) is 18.8 Å². The van der Waals surface area contributed by atoms with Crippen molar-refractivity contribution >= 4 is 12.0 Å². The van der Waals surface area contributed by atoms with E-state index in [1.54, 1.807) is 34.8 Å². The molecule has 1 aromatic carbocycles. The van der Waals surface area contributed by atoms with Gasteiger partial charge in [-0.05, 0) is 76.0 Å². The lowest BCUT2D eigenvalue weighted by Gasteiger charge is -2.32. The fourth-order valence-corrected chi connectivity index (χ4v) is 4.65. The topological polar surface area (TPSA) is 141 Å². The van der Waals surface area contributed by atoms with Gasteiger partial charge in [0.15, 0.2) is 11.5 Å². The number of rotatable bonds is 21. The number of nitrogens with two attached hydrogens (primary N) is 1. The largest absolute Gasteiger partial charge is 0.490 e. The van der Waals surface area contributed by atoms with Gasteiger partial charge in [-0.2, -0.15) is 0 Å². The molecule has 1 rings (SSSR count). The number of hydrogen-bond acceptors (Lipinski definition) is 8. The predicted molar refractivity (Wildman–Crippen MR) is 170 cm³/mol. The molecule has 0 bridgehead atoms. The predicted octanol–water partition coefficient (Wildman–Crippen LogP) is 4.84. The summed E-state index contributed by atoms with van der Waals surface area (Å²) < 4.78 is 22.5. The number of benzene rings is 1. The number of methoxy groups -OCH3 is 1. The highest BCUT2D eigenvalue weighted by Gasteiger charge is 2.31. The number of alkyl carbamates (subject to hydrolysis) is 1. The zero-order valence-electron chi connectivity index (χ0n) is 27.9. The molecule has 0 unspecified atom stereocenters. The van der Waals surface area contributed by atoms with E-state index in [-0.39, 0.29) is 24.2 Å². The molecule has 43 heavy (non-hydrogen) atoms. The summed E-state index contributed by atoms with van der Waals surface area (Å²) in [7, 11) is 1.66. The lowest BCUT2D eigenvalue weighted by molar-refractivity contribution is -0.125. The van der Waals surface area contributed by atoms with Crippen LogP contribution < -0.4 is 25.8 Å². The lowest BCUT2D eigenvalue weighted by Crippen LogP contribution is -2.48. The number of aliphatic hydroxyl groups excluding tert-OH is 1. The molecule has 248 valence electrons. The maximum atomic E-state index is 12.8. The van der Waals surface area contributed by atoms with Crippen molar-refractivity contribution in [3.8, 4) is 11.5 Å². The second-order valence-corrected chi connectivity index (χ2v) is 12.7. The van der Waals surface area contributed by atoms with Crippen LogP contribution in [0.4, 0.5) is 4.79 Å². The highest BCUT2D eigenvalue weighted by Crippen LogP contribution is 2.32. The van der Waals surface area contributed by atoms with Crippen LogP contribution in [0.3, 0.4) is 0 Å². The molecule has 0 saturated heterocycles. The minimum Gasteiger partial charge on any atom is -0.490 e. The van der Waals surface area contributed by atoms with E-state index < -0.39 is 29.8 Å². The smallest absolute Gasteiger partial charge is 0.407 e. The number of carbonyl (C=O) groups is 2. The van der Waals surface area contributed by atoms with E-state index in [9.17, 15) is 14.7 Å². The first kappa shape index (κ1) is 38.5. The summed E-state index contributed by atoms with van der Waals surface area (Å²) in [5.74, 6) is 1.12. The van der Waals surface area contributed by atoms with Gasteiger partial charge in [-0.3, -0.25) is 4.79 Å². The Labute approximate surface area is 259 Å². The summed E-state index contributed by atoms with van der Waals surface area (Å²) in [5, 5.41) is 17.2. The van der Waals surface area contributed by atoms with Gasteiger partial charge in [0.25, 0.3) is 0 Å². The second kappa shape index (κ2) is 20.4. The Morgan fingerprint density at radius 3 is 2.30 bits per heavy atom. The average molecular weight is 610 g/mol. The molecule has 2 amide bonds. The molecule has 0 aliphatic rings. The van der Waals surface area contributed by atoms with Crippen molar-refractivity contribution in [2.45, 2.75) is 105 Å². The molecule has 0 aliphatic carbocycles. The summed E-state index contributed by atoms with van der Waals surface area (Å²) in [6, 6.07) is 5.30. The highest BCUT2D eigenvalue weighted by molar-refractivity contribution is 5.78. The third-order valence-corrected chi connectivity index (χ3v) is 7.17. The number of nitrogens with one attached hydrogen (secondary N) is 2. The standard InChI is InChI=1S/C33H59N3O7/c1-9-10-15-35-31(38)24(4)19-28(37)27(36-32(39)43-33(5,6)7)22-26(23(2)3)20-25-12-13-29(42-18-14-34)30(21-25)41-17-11-16-40-8/h12-13,21,23-24,26-28,37H,9-11,14-20,22,34H2,1-8H3,(H,35,38)(H,36,39)/t24-,26+,27+,28+/m1/s1. The lowest BCUT2D eigenvalue weighted by atomic mass is 9.82. The summed E-state index contributed by atoms with van der Waals surface area (Å²) in [6.45, 7) is 16.0. The molecule has 0 aliphatic heterocycles. The molecule has 1 aromatic rings. The highest BCUT2D eigenvalue weighted by atomic mass is 16.6. The second-order valence-electron chi connectivity index (χ2n) is 12.7. The molecule has 4 atom stereocenters. The van der Waals surface area contributed by atoms with Crippen LogP contribution in [-0.4, -0.2) is 74.9 Å². The van der Waals surface area contributed by atoms with Gasteiger partial charge in [0, 0.05) is 39.1 Å². The Kier molecular flexibility index (Phi) is 18.3. The maximum absolute atomic E-state index is 12.8. The van der Waals surface area contributed by atoms with E-state index in [1.165, 1.54) is 0 Å². The Hall–Kier alpha value is -2.56. The average Bonchev–Trinajstić information content (AvgIpc) is 2.92. The number of amides is 2. The number of ether oxygens (including phenoxy) is 4. The molecule has 10 heteroatoms. The summed E-state index contributed by atoms with van der Waals surface area (Å²) in [4.78, 5) is 25.4. The third-order valence-electron chi connectivity index (χ3n) is 7.17. The fourth-order valence-electron chi connectivity index (χ4n) is 4.65. The molecule has 0 radical (unpaired) electrons. The minimum atomic E-state index is -0.938. The normalized spacial score (nSPS) is 14.5. The number of hydrogen-bond donors (Lipinski definition) is 4. The minimum absolute atomic E-state index is 0.0976. The van der Waals surface area contributed by atoms with Gasteiger partial charge < -0.3 is 40.4 Å². The Morgan fingerprint density at radius 2 is 1.70 bits per heavy atom. The van der Waals surface area contributed by atoms with Crippen LogP contribution >= 0.6 is 0 Å². The van der Waals surface area contributed by atoms with Gasteiger partial charge in [-0.1, -0.05) is 40.2 Å². The first-order valence-electron chi connectivity index (χ1n) is 15.8. The molecule has 10 nitrogen and oxygen atoms in total. The van der Waals surface area contributed by atoms with E-state index in [0.29, 0.717) is 57.3 Å². The van der Waals surface area contributed by atoms with Crippen molar-refractivity contribution in [2.75, 3.05) is 40.0 Å². The molecule has 0 fully saturated rings. The Balaban J connectivity index is 3.15. The van der Waals surface area contributed by atoms with Crippen molar-refractivity contribution in [1.29, 1.82) is 0 Å². The van der Waals surface area contributed by atoms with Crippen molar-refractivity contribution in [2.24, 2.45) is 23.5 Å². The van der Waals surface area contributed by atoms with E-state index in [1.807, 2.05) is 18.2 Å². The van der Waals surface area contributed by atoms with Crippen LogP contribution in [0, 0.1) is 17.8 Å². The number of carbonyl (C=O) groups excluding carboxylic acids is 2. The summed E-state index contributed by atoms with van der Waals surface area (Å²) in [6.07, 6.45) is 2.51. The van der Waals surface area contributed by atoms with Gasteiger partial charge >= 0.3 is 6.09 Å². The van der Waals surface area contributed by atoms with Crippen LogP contribution in [0.5, 0.6) is 11.5 Å². The van der Waals surface area contributed by atoms with Crippen LogP contribution in [0.1, 0.15) is 86.1 Å². The maximum Gasteiger partial charge on any atom is 0.407 e. The van der Waals surface area contributed by atoms with Crippen LogP contribution in [0.2, 0.25) is 0 Å². The zero-order valence-corrected chi connectivity index (χ0v) is 27.9. The van der Waals surface area contributed by atoms with Gasteiger partial charge in [-0.25, -0.2) is 4.79 Å². The van der Waals surface area contributed by atoms with E-state index in [2.05, 4.69) is 31.4 Å².